The third-order valence-electron chi connectivity index (χ3n) is 3.39. The van der Waals surface area contributed by atoms with Crippen LogP contribution < -0.4 is 10.6 Å². The molecule has 5 nitrogen and oxygen atoms in total. The predicted octanol–water partition coefficient (Wildman–Crippen LogP) is 1.88. The van der Waals surface area contributed by atoms with Gasteiger partial charge in [0.1, 0.15) is 0 Å². The zero-order chi connectivity index (χ0) is 14.4. The van der Waals surface area contributed by atoms with Crippen LogP contribution >= 0.6 is 23.8 Å². The van der Waals surface area contributed by atoms with Crippen molar-refractivity contribution < 1.29 is 4.74 Å². The molecule has 1 aromatic rings. The van der Waals surface area contributed by atoms with Gasteiger partial charge in [0.15, 0.2) is 5.11 Å². The average molecular weight is 317 g/mol. The van der Waals surface area contributed by atoms with E-state index in [4.69, 9.17) is 28.6 Å². The van der Waals surface area contributed by atoms with Crippen LogP contribution in [0.15, 0.2) is 6.20 Å². The fraction of sp³-hybridized carbons (Fsp3) is 0.692. The molecule has 20 heavy (non-hydrogen) atoms. The van der Waals surface area contributed by atoms with Crippen LogP contribution in [0.2, 0.25) is 5.02 Å². The Kier molecular flexibility index (Phi) is 6.06. The Morgan fingerprint density at radius 1 is 1.60 bits per heavy atom. The molecule has 1 unspecified atom stereocenters. The molecule has 1 aliphatic heterocycles. The highest BCUT2D eigenvalue weighted by molar-refractivity contribution is 7.80. The Hall–Kier alpha value is -0.850. The number of rotatable bonds is 6. The number of nitrogens with one attached hydrogen (secondary N) is 2. The van der Waals surface area contributed by atoms with Crippen molar-refractivity contribution in [2.24, 2.45) is 0 Å². The topological polar surface area (TPSA) is 51.1 Å². The number of aromatic nitrogens is 2. The van der Waals surface area contributed by atoms with Gasteiger partial charge < -0.3 is 15.4 Å². The van der Waals surface area contributed by atoms with Crippen molar-refractivity contribution in [1.29, 1.82) is 0 Å². The van der Waals surface area contributed by atoms with E-state index in [2.05, 4.69) is 15.7 Å². The van der Waals surface area contributed by atoms with Crippen LogP contribution in [0.4, 0.5) is 0 Å². The normalized spacial score (nSPS) is 18.2. The summed E-state index contributed by atoms with van der Waals surface area (Å²) in [4.78, 5) is 0. The van der Waals surface area contributed by atoms with E-state index in [1.54, 1.807) is 6.20 Å². The largest absolute Gasteiger partial charge is 0.376 e. The van der Waals surface area contributed by atoms with Crippen LogP contribution in [0.3, 0.4) is 0 Å². The number of aryl methyl sites for hydroxylation is 1. The predicted molar refractivity (Wildman–Crippen MR) is 84.2 cm³/mol. The van der Waals surface area contributed by atoms with E-state index in [0.717, 1.165) is 51.2 Å². The first-order valence-electron chi connectivity index (χ1n) is 6.98. The van der Waals surface area contributed by atoms with Crippen LogP contribution in [-0.4, -0.2) is 40.7 Å². The third kappa shape index (κ3) is 4.61. The number of thiocarbonyl (C=S) groups is 1. The maximum absolute atomic E-state index is 5.95. The standard InChI is InChI=1S/C13H21ClN4OS/c1-10-12(14)9-17-18(10)6-3-5-15-13(20)16-8-11-4-2-7-19-11/h9,11H,2-8H2,1H3,(H2,15,16,20). The van der Waals surface area contributed by atoms with Crippen molar-refractivity contribution in [3.05, 3.63) is 16.9 Å². The quantitative estimate of drug-likeness (QED) is 0.620. The van der Waals surface area contributed by atoms with Gasteiger partial charge in [0.05, 0.1) is 23.0 Å². The van der Waals surface area contributed by atoms with Crippen molar-refractivity contribution in [2.75, 3.05) is 19.7 Å². The molecule has 0 aromatic carbocycles. The fourth-order valence-corrected chi connectivity index (χ4v) is 2.48. The van der Waals surface area contributed by atoms with Gasteiger partial charge in [-0.1, -0.05) is 11.6 Å². The van der Waals surface area contributed by atoms with Crippen molar-refractivity contribution in [3.63, 3.8) is 0 Å². The van der Waals surface area contributed by atoms with E-state index >= 15 is 0 Å². The van der Waals surface area contributed by atoms with Gasteiger partial charge in [-0.3, -0.25) is 4.68 Å². The highest BCUT2D eigenvalue weighted by Crippen LogP contribution is 2.13. The van der Waals surface area contributed by atoms with Gasteiger partial charge in [-0.05, 0) is 38.4 Å². The summed E-state index contributed by atoms with van der Waals surface area (Å²) in [6, 6.07) is 0. The molecule has 0 saturated carbocycles. The summed E-state index contributed by atoms with van der Waals surface area (Å²) in [5.41, 5.74) is 1.01. The zero-order valence-electron chi connectivity index (χ0n) is 11.7. The maximum Gasteiger partial charge on any atom is 0.166 e. The Balaban J connectivity index is 1.56. The molecule has 1 atom stereocenters. The summed E-state index contributed by atoms with van der Waals surface area (Å²) in [6.45, 7) is 5.28. The van der Waals surface area contributed by atoms with E-state index in [9.17, 15) is 0 Å². The SMILES string of the molecule is Cc1c(Cl)cnn1CCCNC(=S)NCC1CCCO1. The smallest absolute Gasteiger partial charge is 0.166 e. The molecule has 7 heteroatoms. The average Bonchev–Trinajstić information content (AvgIpc) is 3.06. The van der Waals surface area contributed by atoms with Crippen LogP contribution in [0, 0.1) is 6.92 Å². The summed E-state index contributed by atoms with van der Waals surface area (Å²) in [5, 5.41) is 12.0. The lowest BCUT2D eigenvalue weighted by Gasteiger charge is -2.14. The molecule has 0 radical (unpaired) electrons. The minimum atomic E-state index is 0.309. The fourth-order valence-electron chi connectivity index (χ4n) is 2.15. The summed E-state index contributed by atoms with van der Waals surface area (Å²) < 4.78 is 7.44. The molecule has 2 heterocycles. The molecule has 1 aliphatic rings. The van der Waals surface area contributed by atoms with Gasteiger partial charge in [0, 0.05) is 26.2 Å². The first-order valence-corrected chi connectivity index (χ1v) is 7.76. The van der Waals surface area contributed by atoms with Crippen LogP contribution in [-0.2, 0) is 11.3 Å². The van der Waals surface area contributed by atoms with E-state index < -0.39 is 0 Å². The summed E-state index contributed by atoms with van der Waals surface area (Å²) >= 11 is 11.2. The Labute approximate surface area is 130 Å². The molecule has 1 aromatic heterocycles. The Bertz CT molecular complexity index is 446. The maximum atomic E-state index is 5.95. The molecule has 0 amide bonds. The number of ether oxygens (including phenoxy) is 1. The molecule has 2 N–H and O–H groups in total. The second-order valence-corrected chi connectivity index (χ2v) is 5.74. The molecule has 112 valence electrons. The molecule has 0 spiro atoms. The van der Waals surface area contributed by atoms with Gasteiger partial charge in [-0.2, -0.15) is 5.10 Å². The van der Waals surface area contributed by atoms with Crippen molar-refractivity contribution in [3.8, 4) is 0 Å². The number of nitrogens with zero attached hydrogens (tertiary/aromatic N) is 2. The van der Waals surface area contributed by atoms with Crippen molar-refractivity contribution >= 4 is 28.9 Å². The summed E-state index contributed by atoms with van der Waals surface area (Å²) in [6.07, 6.45) is 5.20. The molecule has 1 saturated heterocycles. The highest BCUT2D eigenvalue weighted by atomic mass is 35.5. The molecule has 0 bridgehead atoms. The number of halogens is 1. The molecule has 2 rings (SSSR count). The lowest BCUT2D eigenvalue weighted by Crippen LogP contribution is -2.39. The Morgan fingerprint density at radius 2 is 2.45 bits per heavy atom. The minimum Gasteiger partial charge on any atom is -0.376 e. The van der Waals surface area contributed by atoms with E-state index in [-0.39, 0.29) is 0 Å². The van der Waals surface area contributed by atoms with Crippen LogP contribution in [0.5, 0.6) is 0 Å². The van der Waals surface area contributed by atoms with Crippen LogP contribution in [0.25, 0.3) is 0 Å². The lowest BCUT2D eigenvalue weighted by molar-refractivity contribution is 0.114. The summed E-state index contributed by atoms with van der Waals surface area (Å²) in [5.74, 6) is 0. The minimum absolute atomic E-state index is 0.309. The first-order chi connectivity index (χ1) is 9.66. The lowest BCUT2D eigenvalue weighted by atomic mass is 10.2. The van der Waals surface area contributed by atoms with Crippen molar-refractivity contribution in [1.82, 2.24) is 20.4 Å². The van der Waals surface area contributed by atoms with E-state index in [1.165, 1.54) is 0 Å². The van der Waals surface area contributed by atoms with Gasteiger partial charge in [-0.15, -0.1) is 0 Å². The number of hydrogen-bond acceptors (Lipinski definition) is 3. The van der Waals surface area contributed by atoms with Crippen molar-refractivity contribution in [2.45, 2.75) is 38.8 Å². The monoisotopic (exact) mass is 316 g/mol. The molecular weight excluding hydrogens is 296 g/mol. The molecule has 1 fully saturated rings. The van der Waals surface area contributed by atoms with Gasteiger partial charge in [-0.25, -0.2) is 0 Å². The molecular formula is C13H21ClN4OS. The summed E-state index contributed by atoms with van der Waals surface area (Å²) in [7, 11) is 0. The highest BCUT2D eigenvalue weighted by Gasteiger charge is 2.15. The first kappa shape index (κ1) is 15.5. The Morgan fingerprint density at radius 3 is 3.10 bits per heavy atom. The molecule has 0 aliphatic carbocycles. The zero-order valence-corrected chi connectivity index (χ0v) is 13.3. The second kappa shape index (κ2) is 7.81. The third-order valence-corrected chi connectivity index (χ3v) is 4.05. The van der Waals surface area contributed by atoms with Gasteiger partial charge in [0.2, 0.25) is 0 Å². The van der Waals surface area contributed by atoms with Crippen LogP contribution in [0.1, 0.15) is 25.0 Å². The number of hydrogen-bond donors (Lipinski definition) is 2. The van der Waals surface area contributed by atoms with E-state index in [1.807, 2.05) is 11.6 Å². The van der Waals surface area contributed by atoms with Gasteiger partial charge >= 0.3 is 0 Å². The van der Waals surface area contributed by atoms with Gasteiger partial charge in [0.25, 0.3) is 0 Å². The van der Waals surface area contributed by atoms with E-state index in [0.29, 0.717) is 16.2 Å². The second-order valence-electron chi connectivity index (χ2n) is 4.93.